The number of hydrogen-bond acceptors (Lipinski definition) is 3. The summed E-state index contributed by atoms with van der Waals surface area (Å²) in [6.07, 6.45) is 4.65. The molecule has 1 aliphatic heterocycles. The molecule has 0 spiro atoms. The van der Waals surface area contributed by atoms with Crippen molar-refractivity contribution in [2.45, 2.75) is 38.6 Å². The molecule has 96 valence electrons. The van der Waals surface area contributed by atoms with Crippen molar-refractivity contribution in [2.24, 2.45) is 5.16 Å². The van der Waals surface area contributed by atoms with Crippen LogP contribution in [0.5, 0.6) is 0 Å². The lowest BCUT2D eigenvalue weighted by molar-refractivity contribution is 0.199. The molecule has 3 rings (SSSR count). The predicted molar refractivity (Wildman–Crippen MR) is 72.3 cm³/mol. The van der Waals surface area contributed by atoms with Crippen LogP contribution in [-0.2, 0) is 6.42 Å². The SMILES string of the molecule is Cc1cccc2c1CC(=NO)C2N1CCCCC1. The molecule has 3 heteroatoms. The summed E-state index contributed by atoms with van der Waals surface area (Å²) < 4.78 is 0. The van der Waals surface area contributed by atoms with E-state index in [4.69, 9.17) is 0 Å². The van der Waals surface area contributed by atoms with Crippen LogP contribution in [0.25, 0.3) is 0 Å². The van der Waals surface area contributed by atoms with Gasteiger partial charge in [-0.2, -0.15) is 0 Å². The van der Waals surface area contributed by atoms with Crippen molar-refractivity contribution < 1.29 is 5.21 Å². The Bertz CT molecular complexity index is 475. The lowest BCUT2D eigenvalue weighted by atomic mass is 10.0. The van der Waals surface area contributed by atoms with E-state index in [9.17, 15) is 5.21 Å². The number of nitrogens with zero attached hydrogens (tertiary/aromatic N) is 2. The first-order chi connectivity index (χ1) is 8.81. The number of piperidine rings is 1. The maximum absolute atomic E-state index is 9.29. The Labute approximate surface area is 108 Å². The van der Waals surface area contributed by atoms with Gasteiger partial charge in [0.25, 0.3) is 0 Å². The molecule has 1 fully saturated rings. The summed E-state index contributed by atoms with van der Waals surface area (Å²) in [5.41, 5.74) is 4.94. The second kappa shape index (κ2) is 4.73. The molecule has 2 aliphatic rings. The Hall–Kier alpha value is -1.35. The van der Waals surface area contributed by atoms with Gasteiger partial charge in [-0.3, -0.25) is 4.90 Å². The molecule has 1 aromatic carbocycles. The first kappa shape index (κ1) is 11.7. The Kier molecular flexibility index (Phi) is 3.08. The predicted octanol–water partition coefficient (Wildman–Crippen LogP) is 2.91. The number of hydrogen-bond donors (Lipinski definition) is 1. The molecule has 1 aromatic rings. The summed E-state index contributed by atoms with van der Waals surface area (Å²) in [4.78, 5) is 2.48. The molecule has 1 unspecified atom stereocenters. The summed E-state index contributed by atoms with van der Waals surface area (Å²) in [6, 6.07) is 6.67. The smallest absolute Gasteiger partial charge is 0.0831 e. The number of benzene rings is 1. The number of likely N-dealkylation sites (tertiary alicyclic amines) is 1. The fraction of sp³-hybridized carbons (Fsp3) is 0.533. The zero-order chi connectivity index (χ0) is 12.5. The maximum Gasteiger partial charge on any atom is 0.0831 e. The van der Waals surface area contributed by atoms with Crippen molar-refractivity contribution >= 4 is 5.71 Å². The first-order valence-electron chi connectivity index (χ1n) is 6.84. The standard InChI is InChI=1S/C15H20N2O/c1-11-6-5-7-12-13(11)10-14(16-18)15(12)17-8-3-2-4-9-17/h5-7,15,18H,2-4,8-10H2,1H3. The second-order valence-electron chi connectivity index (χ2n) is 5.41. The lowest BCUT2D eigenvalue weighted by Gasteiger charge is -2.32. The van der Waals surface area contributed by atoms with Gasteiger partial charge < -0.3 is 5.21 Å². The third-order valence-electron chi connectivity index (χ3n) is 4.30. The van der Waals surface area contributed by atoms with E-state index in [1.54, 1.807) is 0 Å². The lowest BCUT2D eigenvalue weighted by Crippen LogP contribution is -2.36. The molecular formula is C15H20N2O. The molecule has 0 bridgehead atoms. The third-order valence-corrected chi connectivity index (χ3v) is 4.30. The summed E-state index contributed by atoms with van der Waals surface area (Å²) in [6.45, 7) is 4.39. The molecule has 1 atom stereocenters. The Balaban J connectivity index is 1.99. The van der Waals surface area contributed by atoms with Crippen molar-refractivity contribution in [3.8, 4) is 0 Å². The minimum atomic E-state index is 0.213. The minimum absolute atomic E-state index is 0.213. The highest BCUT2D eigenvalue weighted by Gasteiger charge is 2.35. The van der Waals surface area contributed by atoms with E-state index in [0.29, 0.717) is 0 Å². The van der Waals surface area contributed by atoms with E-state index in [1.807, 2.05) is 0 Å². The van der Waals surface area contributed by atoms with Crippen LogP contribution in [0.2, 0.25) is 0 Å². The summed E-state index contributed by atoms with van der Waals surface area (Å²) in [5.74, 6) is 0. The van der Waals surface area contributed by atoms with Crippen LogP contribution in [0.4, 0.5) is 0 Å². The van der Waals surface area contributed by atoms with Crippen LogP contribution in [0.1, 0.15) is 42.0 Å². The number of rotatable bonds is 1. The zero-order valence-electron chi connectivity index (χ0n) is 10.9. The number of oxime groups is 1. The quantitative estimate of drug-likeness (QED) is 0.609. The van der Waals surface area contributed by atoms with Crippen molar-refractivity contribution in [1.29, 1.82) is 0 Å². The molecule has 1 saturated heterocycles. The third kappa shape index (κ3) is 1.83. The monoisotopic (exact) mass is 244 g/mol. The average Bonchev–Trinajstić information content (AvgIpc) is 2.80. The van der Waals surface area contributed by atoms with Crippen LogP contribution < -0.4 is 0 Å². The zero-order valence-corrected chi connectivity index (χ0v) is 10.9. The molecule has 1 N–H and O–H groups in total. The maximum atomic E-state index is 9.29. The summed E-state index contributed by atoms with van der Waals surface area (Å²) in [7, 11) is 0. The largest absolute Gasteiger partial charge is 0.411 e. The van der Waals surface area contributed by atoms with Gasteiger partial charge in [-0.05, 0) is 49.5 Å². The van der Waals surface area contributed by atoms with Crippen molar-refractivity contribution in [2.75, 3.05) is 13.1 Å². The highest BCUT2D eigenvalue weighted by Crippen LogP contribution is 2.36. The van der Waals surface area contributed by atoms with E-state index in [0.717, 1.165) is 25.2 Å². The van der Waals surface area contributed by atoms with Gasteiger partial charge in [0.15, 0.2) is 0 Å². The van der Waals surface area contributed by atoms with Crippen molar-refractivity contribution in [1.82, 2.24) is 4.90 Å². The van der Waals surface area contributed by atoms with E-state index in [2.05, 4.69) is 35.2 Å². The number of aryl methyl sites for hydroxylation is 1. The van der Waals surface area contributed by atoms with Gasteiger partial charge in [-0.1, -0.05) is 29.8 Å². The molecule has 3 nitrogen and oxygen atoms in total. The Morgan fingerprint density at radius 2 is 2.00 bits per heavy atom. The normalized spacial score (nSPS) is 26.5. The molecule has 1 aliphatic carbocycles. The van der Waals surface area contributed by atoms with Gasteiger partial charge in [-0.15, -0.1) is 0 Å². The fourth-order valence-corrected chi connectivity index (χ4v) is 3.35. The molecule has 0 amide bonds. The molecule has 0 saturated carbocycles. The van der Waals surface area contributed by atoms with Gasteiger partial charge in [0, 0.05) is 6.42 Å². The van der Waals surface area contributed by atoms with Gasteiger partial charge in [0.05, 0.1) is 11.8 Å². The topological polar surface area (TPSA) is 35.8 Å². The fourth-order valence-electron chi connectivity index (χ4n) is 3.35. The van der Waals surface area contributed by atoms with E-state index in [-0.39, 0.29) is 6.04 Å². The molecule has 18 heavy (non-hydrogen) atoms. The van der Waals surface area contributed by atoms with Gasteiger partial charge in [0.2, 0.25) is 0 Å². The van der Waals surface area contributed by atoms with Crippen LogP contribution in [0.15, 0.2) is 23.4 Å². The van der Waals surface area contributed by atoms with E-state index >= 15 is 0 Å². The molecular weight excluding hydrogens is 224 g/mol. The first-order valence-corrected chi connectivity index (χ1v) is 6.84. The highest BCUT2D eigenvalue weighted by molar-refractivity contribution is 5.96. The van der Waals surface area contributed by atoms with Gasteiger partial charge in [-0.25, -0.2) is 0 Å². The van der Waals surface area contributed by atoms with Crippen molar-refractivity contribution in [3.05, 3.63) is 34.9 Å². The minimum Gasteiger partial charge on any atom is -0.411 e. The van der Waals surface area contributed by atoms with E-state index < -0.39 is 0 Å². The highest BCUT2D eigenvalue weighted by atomic mass is 16.4. The molecule has 0 radical (unpaired) electrons. The molecule has 0 aromatic heterocycles. The van der Waals surface area contributed by atoms with Gasteiger partial charge >= 0.3 is 0 Å². The van der Waals surface area contributed by atoms with Crippen molar-refractivity contribution in [3.63, 3.8) is 0 Å². The van der Waals surface area contributed by atoms with E-state index in [1.165, 1.54) is 36.0 Å². The average molecular weight is 244 g/mol. The summed E-state index contributed by atoms with van der Waals surface area (Å²) >= 11 is 0. The Morgan fingerprint density at radius 1 is 1.22 bits per heavy atom. The van der Waals surface area contributed by atoms with Crippen LogP contribution >= 0.6 is 0 Å². The van der Waals surface area contributed by atoms with Crippen LogP contribution in [0, 0.1) is 6.92 Å². The Morgan fingerprint density at radius 3 is 2.72 bits per heavy atom. The van der Waals surface area contributed by atoms with Gasteiger partial charge in [0.1, 0.15) is 0 Å². The number of fused-ring (bicyclic) bond motifs is 1. The van der Waals surface area contributed by atoms with Crippen LogP contribution in [-0.4, -0.2) is 28.9 Å². The molecule has 1 heterocycles. The van der Waals surface area contributed by atoms with Crippen LogP contribution in [0.3, 0.4) is 0 Å². The second-order valence-corrected chi connectivity index (χ2v) is 5.41. The summed E-state index contributed by atoms with van der Waals surface area (Å²) in [5, 5.41) is 12.9.